The second kappa shape index (κ2) is 9.70. The molecule has 1 fully saturated rings. The minimum absolute atomic E-state index is 0.0983. The van der Waals surface area contributed by atoms with Crippen LogP contribution in [0.5, 0.6) is 0 Å². The molecule has 0 aliphatic carbocycles. The SMILES string of the molecule is CC(C)(C)OC(=O)[N+]1(c2cccc(C(=O)c3ccccc3)c2)C(CN)CSC1c1cccnc1. The molecule has 2 aromatic carbocycles. The number of quaternary nitrogens is 1. The highest BCUT2D eigenvalue weighted by Gasteiger charge is 2.60. The topological polar surface area (TPSA) is 82.3 Å². The second-order valence-corrected chi connectivity index (χ2v) is 10.5. The Kier molecular flexibility index (Phi) is 6.89. The average Bonchev–Trinajstić information content (AvgIpc) is 3.24. The van der Waals surface area contributed by atoms with E-state index in [1.165, 1.54) is 0 Å². The normalized spacial score (nSPS) is 22.4. The van der Waals surface area contributed by atoms with E-state index in [0.717, 1.165) is 5.56 Å². The number of ether oxygens (including phenoxy) is 1. The fourth-order valence-corrected chi connectivity index (χ4v) is 6.11. The number of nitrogens with zero attached hydrogens (tertiary/aromatic N) is 2. The number of amides is 1. The molecule has 4 rings (SSSR count). The number of thioether (sulfide) groups is 1. The molecule has 0 saturated carbocycles. The van der Waals surface area contributed by atoms with Gasteiger partial charge in [-0.15, -0.1) is 0 Å². The zero-order valence-electron chi connectivity index (χ0n) is 19.7. The molecular weight excluding hydrogens is 446 g/mol. The Labute approximate surface area is 204 Å². The molecule has 3 unspecified atom stereocenters. The van der Waals surface area contributed by atoms with Gasteiger partial charge in [0.1, 0.15) is 17.3 Å². The number of carbonyl (C=O) groups is 2. The Bertz CT molecular complexity index is 1160. The van der Waals surface area contributed by atoms with Crippen LogP contribution in [0.3, 0.4) is 0 Å². The summed E-state index contributed by atoms with van der Waals surface area (Å²) in [6, 6.07) is 20.1. The van der Waals surface area contributed by atoms with E-state index in [-0.39, 0.29) is 27.8 Å². The molecule has 0 bridgehead atoms. The summed E-state index contributed by atoms with van der Waals surface area (Å²) in [5.74, 6) is 0.575. The molecule has 6 nitrogen and oxygen atoms in total. The Hall–Kier alpha value is -3.00. The van der Waals surface area contributed by atoms with Crippen LogP contribution in [0.25, 0.3) is 0 Å². The van der Waals surface area contributed by atoms with Crippen LogP contribution in [0.15, 0.2) is 79.1 Å². The van der Waals surface area contributed by atoms with Gasteiger partial charge in [0.05, 0.1) is 5.75 Å². The summed E-state index contributed by atoms with van der Waals surface area (Å²) < 4.78 is 5.88. The zero-order valence-corrected chi connectivity index (χ0v) is 20.5. The molecule has 1 aliphatic heterocycles. The number of ketones is 1. The van der Waals surface area contributed by atoms with E-state index in [1.54, 1.807) is 42.4 Å². The summed E-state index contributed by atoms with van der Waals surface area (Å²) in [7, 11) is 0. The summed E-state index contributed by atoms with van der Waals surface area (Å²) in [5.41, 5.74) is 8.28. The maximum absolute atomic E-state index is 14.1. The number of aromatic nitrogens is 1. The quantitative estimate of drug-likeness (QED) is 0.396. The van der Waals surface area contributed by atoms with Gasteiger partial charge in [-0.2, -0.15) is 9.28 Å². The Morgan fingerprint density at radius 1 is 1.06 bits per heavy atom. The fraction of sp³-hybridized carbons (Fsp3) is 0.296. The van der Waals surface area contributed by atoms with E-state index in [2.05, 4.69) is 4.98 Å². The summed E-state index contributed by atoms with van der Waals surface area (Å²) in [4.78, 5) is 31.6. The van der Waals surface area contributed by atoms with Crippen molar-refractivity contribution in [2.75, 3.05) is 12.3 Å². The van der Waals surface area contributed by atoms with Crippen molar-refractivity contribution < 1.29 is 14.3 Å². The molecule has 1 amide bonds. The third-order valence-electron chi connectivity index (χ3n) is 5.90. The Balaban J connectivity index is 1.90. The van der Waals surface area contributed by atoms with Crippen LogP contribution in [0.2, 0.25) is 0 Å². The van der Waals surface area contributed by atoms with Gasteiger partial charge in [-0.25, -0.2) is 0 Å². The molecule has 176 valence electrons. The van der Waals surface area contributed by atoms with Gasteiger partial charge < -0.3 is 10.5 Å². The number of rotatable bonds is 5. The van der Waals surface area contributed by atoms with Crippen LogP contribution in [0, 0.1) is 0 Å². The van der Waals surface area contributed by atoms with Crippen molar-refractivity contribution in [3.05, 3.63) is 95.8 Å². The van der Waals surface area contributed by atoms with E-state index in [1.807, 2.05) is 69.3 Å². The van der Waals surface area contributed by atoms with Gasteiger partial charge in [-0.3, -0.25) is 9.78 Å². The van der Waals surface area contributed by atoms with Crippen molar-refractivity contribution in [3.63, 3.8) is 0 Å². The van der Waals surface area contributed by atoms with Gasteiger partial charge in [-0.1, -0.05) is 54.2 Å². The molecule has 0 spiro atoms. The smallest absolute Gasteiger partial charge is 0.414 e. The Morgan fingerprint density at radius 2 is 1.79 bits per heavy atom. The highest BCUT2D eigenvalue weighted by atomic mass is 32.2. The Morgan fingerprint density at radius 3 is 2.44 bits per heavy atom. The van der Waals surface area contributed by atoms with Crippen LogP contribution in [-0.4, -0.2) is 40.8 Å². The lowest BCUT2D eigenvalue weighted by atomic mass is 10.0. The van der Waals surface area contributed by atoms with Crippen molar-refractivity contribution in [1.29, 1.82) is 0 Å². The van der Waals surface area contributed by atoms with Crippen molar-refractivity contribution in [2.24, 2.45) is 5.73 Å². The van der Waals surface area contributed by atoms with E-state index < -0.39 is 5.60 Å². The largest absolute Gasteiger partial charge is 0.523 e. The molecular formula is C27H30N3O3S+. The first kappa shape index (κ1) is 24.1. The lowest BCUT2D eigenvalue weighted by Gasteiger charge is -2.40. The third-order valence-corrected chi connectivity index (χ3v) is 7.40. The van der Waals surface area contributed by atoms with Gasteiger partial charge in [-0.05, 0) is 39.0 Å². The number of hydrogen-bond acceptors (Lipinski definition) is 6. The number of carbonyl (C=O) groups excluding carboxylic acids is 2. The lowest BCUT2D eigenvalue weighted by Crippen LogP contribution is -2.62. The predicted molar refractivity (Wildman–Crippen MR) is 137 cm³/mol. The van der Waals surface area contributed by atoms with Crippen molar-refractivity contribution in [3.8, 4) is 0 Å². The zero-order chi connectivity index (χ0) is 24.3. The molecule has 2 N–H and O–H groups in total. The van der Waals surface area contributed by atoms with Gasteiger partial charge in [0.15, 0.2) is 11.2 Å². The molecule has 7 heteroatoms. The third kappa shape index (κ3) is 4.51. The van der Waals surface area contributed by atoms with Crippen LogP contribution in [-0.2, 0) is 4.74 Å². The first-order valence-corrected chi connectivity index (χ1v) is 12.4. The summed E-state index contributed by atoms with van der Waals surface area (Å²) in [6.45, 7) is 5.86. The van der Waals surface area contributed by atoms with Gasteiger partial charge in [0.2, 0.25) is 0 Å². The van der Waals surface area contributed by atoms with Crippen LogP contribution >= 0.6 is 11.8 Å². The summed E-state index contributed by atoms with van der Waals surface area (Å²) in [5, 5.41) is -0.306. The van der Waals surface area contributed by atoms with Gasteiger partial charge in [0.25, 0.3) is 0 Å². The minimum atomic E-state index is -0.689. The van der Waals surface area contributed by atoms with Gasteiger partial charge >= 0.3 is 6.09 Å². The van der Waals surface area contributed by atoms with Crippen molar-refractivity contribution >= 4 is 29.3 Å². The predicted octanol–water partition coefficient (Wildman–Crippen LogP) is 5.33. The summed E-state index contributed by atoms with van der Waals surface area (Å²) in [6.07, 6.45) is 3.11. The summed E-state index contributed by atoms with van der Waals surface area (Å²) >= 11 is 1.66. The molecule has 0 radical (unpaired) electrons. The first-order chi connectivity index (χ1) is 16.3. The average molecular weight is 477 g/mol. The number of pyridine rings is 1. The van der Waals surface area contributed by atoms with Crippen LogP contribution in [0.1, 0.15) is 47.6 Å². The maximum Gasteiger partial charge on any atom is 0.523 e. The van der Waals surface area contributed by atoms with E-state index >= 15 is 0 Å². The standard InChI is InChI=1S/C27H30N3O3S/c1-27(2,3)33-26(32)30(23(16-28)18-34-25(30)21-12-8-14-29-17-21)22-13-7-11-20(15-22)24(31)19-9-5-4-6-10-19/h4-15,17,23,25H,16,18,28H2,1-3H3/q+1. The van der Waals surface area contributed by atoms with Crippen molar-refractivity contribution in [2.45, 2.75) is 37.8 Å². The maximum atomic E-state index is 14.1. The number of hydrogen-bond donors (Lipinski definition) is 1. The number of nitrogens with two attached hydrogens (primary N) is 1. The monoisotopic (exact) mass is 476 g/mol. The lowest BCUT2D eigenvalue weighted by molar-refractivity contribution is 0.0194. The van der Waals surface area contributed by atoms with E-state index in [9.17, 15) is 9.59 Å². The molecule has 2 heterocycles. The van der Waals surface area contributed by atoms with Gasteiger partial charge in [0, 0.05) is 41.7 Å². The minimum Gasteiger partial charge on any atom is -0.414 e. The molecule has 34 heavy (non-hydrogen) atoms. The molecule has 1 aromatic heterocycles. The molecule has 1 aliphatic rings. The fourth-order valence-electron chi connectivity index (χ4n) is 4.38. The van der Waals surface area contributed by atoms with E-state index in [0.29, 0.717) is 29.1 Å². The number of benzene rings is 2. The first-order valence-electron chi connectivity index (χ1n) is 11.3. The van der Waals surface area contributed by atoms with Crippen molar-refractivity contribution in [1.82, 2.24) is 9.47 Å². The highest BCUT2D eigenvalue weighted by molar-refractivity contribution is 7.99. The highest BCUT2D eigenvalue weighted by Crippen LogP contribution is 2.51. The molecule has 3 atom stereocenters. The molecule has 3 aromatic rings. The second-order valence-electron chi connectivity index (χ2n) is 9.36. The van der Waals surface area contributed by atoms with E-state index in [4.69, 9.17) is 10.5 Å². The van der Waals surface area contributed by atoms with Crippen LogP contribution in [0.4, 0.5) is 10.5 Å². The molecule has 1 saturated heterocycles. The van der Waals surface area contributed by atoms with Crippen LogP contribution < -0.4 is 10.2 Å².